The van der Waals surface area contributed by atoms with Crippen LogP contribution in [-0.2, 0) is 28.8 Å². The summed E-state index contributed by atoms with van der Waals surface area (Å²) < 4.78 is 0. The van der Waals surface area contributed by atoms with Crippen LogP contribution in [0.15, 0.2) is 30.3 Å². The van der Waals surface area contributed by atoms with Gasteiger partial charge in [0.05, 0.1) is 12.1 Å². The van der Waals surface area contributed by atoms with Crippen LogP contribution >= 0.6 is 11.8 Å². The Morgan fingerprint density at radius 1 is 0.873 bits per heavy atom. The highest BCUT2D eigenvalue weighted by molar-refractivity contribution is 8.14. The van der Waals surface area contributed by atoms with Gasteiger partial charge in [0.25, 0.3) is 11.1 Å². The summed E-state index contributed by atoms with van der Waals surface area (Å²) in [5, 5.41) is 14.0. The minimum Gasteiger partial charge on any atom is -0.344 e. The number of ketones is 1. The Labute approximate surface area is 329 Å². The number of nitrogens with zero attached hydrogens (tertiary/aromatic N) is 1. The van der Waals surface area contributed by atoms with E-state index in [0.717, 1.165) is 68.7 Å². The first-order valence-electron chi connectivity index (χ1n) is 20.3. The van der Waals surface area contributed by atoms with Gasteiger partial charge in [-0.05, 0) is 68.3 Å². The number of fused-ring (bicyclic) bond motifs is 1. The average molecular weight is 781 g/mol. The summed E-state index contributed by atoms with van der Waals surface area (Å²) in [7, 11) is 0. The van der Waals surface area contributed by atoms with Crippen LogP contribution in [0.3, 0.4) is 0 Å². The SMILES string of the molecule is CCCC(NC(=O)[C@@H]1CC2CCCCC2N1C(=O)[C@@H](NC(=O)[C@@H](NC(=O)C1CSC(=O)N1)C1CCCCC1)C(C)(C)C)C(=O)C(=O)N[C@H](C)c1ccccc1. The zero-order valence-electron chi connectivity index (χ0n) is 33.0. The lowest BCUT2D eigenvalue weighted by molar-refractivity contribution is -0.147. The van der Waals surface area contributed by atoms with E-state index in [1.54, 1.807) is 11.8 Å². The molecule has 4 unspecified atom stereocenters. The molecule has 302 valence electrons. The maximum absolute atomic E-state index is 14.9. The van der Waals surface area contributed by atoms with E-state index < -0.39 is 71.1 Å². The van der Waals surface area contributed by atoms with Gasteiger partial charge in [-0.25, -0.2) is 0 Å². The molecule has 0 bridgehead atoms. The van der Waals surface area contributed by atoms with Crippen LogP contribution in [0, 0.1) is 17.3 Å². The fourth-order valence-electron chi connectivity index (χ4n) is 8.76. The second kappa shape index (κ2) is 18.8. The van der Waals surface area contributed by atoms with E-state index in [2.05, 4.69) is 26.6 Å². The highest BCUT2D eigenvalue weighted by atomic mass is 32.2. The van der Waals surface area contributed by atoms with Crippen molar-refractivity contribution in [3.05, 3.63) is 35.9 Å². The number of rotatable bonds is 14. The van der Waals surface area contributed by atoms with Crippen molar-refractivity contribution in [2.24, 2.45) is 17.3 Å². The van der Waals surface area contributed by atoms with Gasteiger partial charge >= 0.3 is 0 Å². The van der Waals surface area contributed by atoms with Crippen molar-refractivity contribution in [3.8, 4) is 0 Å². The zero-order chi connectivity index (χ0) is 39.9. The number of hydrogen-bond acceptors (Lipinski definition) is 8. The largest absolute Gasteiger partial charge is 0.344 e. The predicted molar refractivity (Wildman–Crippen MR) is 211 cm³/mol. The number of carbonyl (C=O) groups is 7. The monoisotopic (exact) mass is 780 g/mol. The highest BCUT2D eigenvalue weighted by Gasteiger charge is 2.51. The molecule has 14 heteroatoms. The fourth-order valence-corrected chi connectivity index (χ4v) is 9.54. The molecule has 8 atom stereocenters. The summed E-state index contributed by atoms with van der Waals surface area (Å²) in [6.07, 6.45) is 9.04. The number of likely N-dealkylation sites (tertiary alicyclic amines) is 1. The molecule has 55 heavy (non-hydrogen) atoms. The van der Waals surface area contributed by atoms with Crippen molar-refractivity contribution in [2.45, 2.75) is 154 Å². The normalized spacial score (nSPS) is 25.0. The lowest BCUT2D eigenvalue weighted by Crippen LogP contribution is -2.63. The third-order valence-corrected chi connectivity index (χ3v) is 12.7. The quantitative estimate of drug-likeness (QED) is 0.173. The molecule has 0 spiro atoms. The Bertz CT molecular complexity index is 1580. The average Bonchev–Trinajstić information content (AvgIpc) is 3.79. The minimum atomic E-state index is -1.07. The molecule has 1 aromatic carbocycles. The molecule has 4 aliphatic rings. The molecule has 5 N–H and O–H groups in total. The molecule has 13 nitrogen and oxygen atoms in total. The molecule has 2 saturated carbocycles. The molecule has 6 amide bonds. The first-order chi connectivity index (χ1) is 26.2. The summed E-state index contributed by atoms with van der Waals surface area (Å²) in [6, 6.07) is 4.04. The first-order valence-corrected chi connectivity index (χ1v) is 21.2. The van der Waals surface area contributed by atoms with E-state index in [0.29, 0.717) is 19.3 Å². The van der Waals surface area contributed by atoms with Gasteiger partial charge in [-0.15, -0.1) is 0 Å². The van der Waals surface area contributed by atoms with Gasteiger partial charge < -0.3 is 31.5 Å². The molecular formula is C41H60N6O7S. The van der Waals surface area contributed by atoms with Crippen molar-refractivity contribution in [1.29, 1.82) is 0 Å². The Kier molecular flexibility index (Phi) is 14.4. The van der Waals surface area contributed by atoms with E-state index in [1.807, 2.05) is 58.0 Å². The maximum atomic E-state index is 14.9. The zero-order valence-corrected chi connectivity index (χ0v) is 33.8. The van der Waals surface area contributed by atoms with E-state index >= 15 is 0 Å². The summed E-state index contributed by atoms with van der Waals surface area (Å²) in [6.45, 7) is 9.26. The maximum Gasteiger partial charge on any atom is 0.290 e. The number of thioether (sulfide) groups is 1. The summed E-state index contributed by atoms with van der Waals surface area (Å²) in [4.78, 5) is 97.1. The van der Waals surface area contributed by atoms with E-state index in [-0.39, 0.29) is 41.2 Å². The standard InChI is InChI=1S/C41H60N6O7S/c1-6-15-28(33(48)38(52)42-24(2)25-16-9-7-10-17-25)43-36(50)31-22-27-20-13-14-21-30(27)47(31)39(53)34(41(3,4)5)46-37(51)32(26-18-11-8-12-19-26)45-35(49)29-23-55-40(54)44-29/h7,9-10,16-17,24,26-32,34H,6,8,11-15,18-23H2,1-5H3,(H,42,52)(H,43,50)(H,44,54)(H,45,49)(H,46,51)/t24-,27?,28?,29?,30?,31+,32+,34-/m1/s1. The molecule has 2 aliphatic carbocycles. The fraction of sp³-hybridized carbons (Fsp3) is 0.683. The number of benzene rings is 1. The van der Waals surface area contributed by atoms with Crippen LogP contribution in [-0.4, -0.2) is 87.5 Å². The van der Waals surface area contributed by atoms with Crippen LogP contribution in [0.2, 0.25) is 0 Å². The van der Waals surface area contributed by atoms with E-state index in [4.69, 9.17) is 0 Å². The molecule has 2 saturated heterocycles. The third-order valence-electron chi connectivity index (χ3n) is 11.8. The molecule has 5 rings (SSSR count). The van der Waals surface area contributed by atoms with Crippen LogP contribution in [0.1, 0.15) is 123 Å². The lowest BCUT2D eigenvalue weighted by atomic mass is 9.81. The van der Waals surface area contributed by atoms with Gasteiger partial charge in [0.1, 0.15) is 24.2 Å². The van der Waals surface area contributed by atoms with Crippen LogP contribution < -0.4 is 26.6 Å². The van der Waals surface area contributed by atoms with Crippen molar-refractivity contribution >= 4 is 52.3 Å². The summed E-state index contributed by atoms with van der Waals surface area (Å²) in [5.74, 6) is -3.06. The van der Waals surface area contributed by atoms with Gasteiger partial charge in [0, 0.05) is 11.8 Å². The van der Waals surface area contributed by atoms with Crippen LogP contribution in [0.25, 0.3) is 0 Å². The van der Waals surface area contributed by atoms with Gasteiger partial charge in [0.15, 0.2) is 0 Å². The third kappa shape index (κ3) is 10.5. The van der Waals surface area contributed by atoms with E-state index in [9.17, 15) is 33.6 Å². The summed E-state index contributed by atoms with van der Waals surface area (Å²) in [5.41, 5.74) is 0.0724. The van der Waals surface area contributed by atoms with Crippen molar-refractivity contribution in [1.82, 2.24) is 31.5 Å². The molecule has 0 radical (unpaired) electrons. The smallest absolute Gasteiger partial charge is 0.290 e. The van der Waals surface area contributed by atoms with Crippen LogP contribution in [0.5, 0.6) is 0 Å². The van der Waals surface area contributed by atoms with Gasteiger partial charge in [-0.3, -0.25) is 33.6 Å². The van der Waals surface area contributed by atoms with Crippen molar-refractivity contribution in [3.63, 3.8) is 0 Å². The number of carbonyl (C=O) groups excluding carboxylic acids is 7. The topological polar surface area (TPSA) is 183 Å². The molecular weight excluding hydrogens is 721 g/mol. The minimum absolute atomic E-state index is 0.0777. The van der Waals surface area contributed by atoms with Gasteiger partial charge in [0.2, 0.25) is 29.4 Å². The molecule has 2 aliphatic heterocycles. The molecule has 2 heterocycles. The van der Waals surface area contributed by atoms with Gasteiger partial charge in [-0.1, -0.05) is 108 Å². The second-order valence-corrected chi connectivity index (χ2v) is 17.9. The number of nitrogens with one attached hydrogen (secondary N) is 5. The Balaban J connectivity index is 1.35. The molecule has 1 aromatic rings. The number of Topliss-reactive ketones (excluding diaryl/α,β-unsaturated/α-hetero) is 1. The van der Waals surface area contributed by atoms with Crippen LogP contribution in [0.4, 0.5) is 4.79 Å². The molecule has 0 aromatic heterocycles. The van der Waals surface area contributed by atoms with E-state index in [1.165, 1.54) is 0 Å². The molecule has 4 fully saturated rings. The Morgan fingerprint density at radius 3 is 2.18 bits per heavy atom. The van der Waals surface area contributed by atoms with Gasteiger partial charge in [-0.2, -0.15) is 0 Å². The Hall–Kier alpha value is -3.94. The number of amides is 6. The van der Waals surface area contributed by atoms with Crippen molar-refractivity contribution in [2.75, 3.05) is 5.75 Å². The summed E-state index contributed by atoms with van der Waals surface area (Å²) >= 11 is 1.03. The number of hydrogen-bond donors (Lipinski definition) is 5. The predicted octanol–water partition coefficient (Wildman–Crippen LogP) is 4.30. The Morgan fingerprint density at radius 2 is 1.55 bits per heavy atom. The van der Waals surface area contributed by atoms with Crippen molar-refractivity contribution < 1.29 is 33.6 Å². The highest BCUT2D eigenvalue weighted by Crippen LogP contribution is 2.41. The first kappa shape index (κ1) is 42.2. The lowest BCUT2D eigenvalue weighted by Gasteiger charge is -2.40. The second-order valence-electron chi connectivity index (χ2n) is 16.9.